The number of aromatic nitrogens is 5. The van der Waals surface area contributed by atoms with Gasteiger partial charge in [0.2, 0.25) is 0 Å². The Kier molecular flexibility index (Phi) is 6.30. The van der Waals surface area contributed by atoms with Gasteiger partial charge in [-0.25, -0.2) is 9.67 Å². The Morgan fingerprint density at radius 1 is 1.06 bits per heavy atom. The SMILES string of the molecule is Cc1cccc(-n2c(=S)[nH]c3cc(C(=O)NCc4cccc(Cn5cncn5)c4)ccc3c2=O)c1C. The number of hydrogen-bond acceptors (Lipinski definition) is 5. The molecule has 0 saturated heterocycles. The fourth-order valence-corrected chi connectivity index (χ4v) is 4.47. The number of rotatable bonds is 6. The van der Waals surface area contributed by atoms with Crippen molar-refractivity contribution in [3.8, 4) is 5.69 Å². The van der Waals surface area contributed by atoms with Crippen molar-refractivity contribution in [1.82, 2.24) is 29.6 Å². The van der Waals surface area contributed by atoms with E-state index in [0.29, 0.717) is 29.6 Å². The zero-order valence-corrected chi connectivity index (χ0v) is 20.7. The second-order valence-electron chi connectivity index (χ2n) is 8.65. The largest absolute Gasteiger partial charge is 0.348 e. The van der Waals surface area contributed by atoms with Crippen molar-refractivity contribution in [1.29, 1.82) is 0 Å². The molecule has 5 rings (SSSR count). The molecule has 0 spiro atoms. The van der Waals surface area contributed by atoms with Gasteiger partial charge in [-0.15, -0.1) is 0 Å². The Morgan fingerprint density at radius 3 is 2.67 bits per heavy atom. The van der Waals surface area contributed by atoms with Gasteiger partial charge >= 0.3 is 0 Å². The molecule has 5 aromatic rings. The third kappa shape index (κ3) is 4.60. The summed E-state index contributed by atoms with van der Waals surface area (Å²) >= 11 is 5.53. The van der Waals surface area contributed by atoms with Gasteiger partial charge in [0, 0.05) is 12.1 Å². The quantitative estimate of drug-likeness (QED) is 0.343. The second kappa shape index (κ2) is 9.71. The number of carbonyl (C=O) groups is 1. The summed E-state index contributed by atoms with van der Waals surface area (Å²) in [6.45, 7) is 4.93. The number of aromatic amines is 1. The lowest BCUT2D eigenvalue weighted by molar-refractivity contribution is 0.0951. The Balaban J connectivity index is 1.37. The lowest BCUT2D eigenvalue weighted by Crippen LogP contribution is -2.24. The maximum absolute atomic E-state index is 13.3. The van der Waals surface area contributed by atoms with Crippen molar-refractivity contribution in [3.05, 3.63) is 116 Å². The van der Waals surface area contributed by atoms with E-state index < -0.39 is 0 Å². The van der Waals surface area contributed by atoms with E-state index in [-0.39, 0.29) is 16.2 Å². The molecular weight excluding hydrogens is 472 g/mol. The van der Waals surface area contributed by atoms with E-state index in [0.717, 1.165) is 27.9 Å². The number of nitrogens with zero attached hydrogens (tertiary/aromatic N) is 4. The zero-order valence-electron chi connectivity index (χ0n) is 19.9. The number of fused-ring (bicyclic) bond motifs is 1. The van der Waals surface area contributed by atoms with Gasteiger partial charge in [0.15, 0.2) is 4.77 Å². The number of nitrogens with one attached hydrogen (secondary N) is 2. The number of aryl methyl sites for hydroxylation is 1. The average molecular weight is 497 g/mol. The molecule has 0 atom stereocenters. The van der Waals surface area contributed by atoms with E-state index in [1.54, 1.807) is 29.2 Å². The van der Waals surface area contributed by atoms with Crippen LogP contribution in [0.2, 0.25) is 0 Å². The van der Waals surface area contributed by atoms with Crippen molar-refractivity contribution in [3.63, 3.8) is 0 Å². The third-order valence-corrected chi connectivity index (χ3v) is 6.52. The first-order valence-electron chi connectivity index (χ1n) is 11.4. The molecule has 0 aliphatic heterocycles. The standard InChI is InChI=1S/C27H24N6O2S/c1-17-5-3-8-24(18(17)2)33-26(35)22-10-9-21(12-23(22)31-27(33)36)25(34)29-13-19-6-4-7-20(11-19)14-32-16-28-15-30-32/h3-12,15-16H,13-14H2,1-2H3,(H,29,34)(H,31,36). The van der Waals surface area contributed by atoms with Crippen LogP contribution in [0.4, 0.5) is 0 Å². The van der Waals surface area contributed by atoms with Crippen molar-refractivity contribution < 1.29 is 4.79 Å². The molecule has 8 nitrogen and oxygen atoms in total. The summed E-state index contributed by atoms with van der Waals surface area (Å²) < 4.78 is 3.53. The highest BCUT2D eigenvalue weighted by atomic mass is 32.1. The lowest BCUT2D eigenvalue weighted by Gasteiger charge is -2.13. The van der Waals surface area contributed by atoms with Gasteiger partial charge in [0.05, 0.1) is 23.1 Å². The van der Waals surface area contributed by atoms with Gasteiger partial charge in [-0.1, -0.05) is 36.4 Å². The highest BCUT2D eigenvalue weighted by Gasteiger charge is 2.13. The first-order chi connectivity index (χ1) is 17.4. The predicted molar refractivity (Wildman–Crippen MR) is 141 cm³/mol. The molecule has 0 bridgehead atoms. The highest BCUT2D eigenvalue weighted by molar-refractivity contribution is 7.71. The van der Waals surface area contributed by atoms with Crippen molar-refractivity contribution in [2.75, 3.05) is 0 Å². The average Bonchev–Trinajstić information content (AvgIpc) is 3.38. The Hall–Kier alpha value is -4.37. The van der Waals surface area contributed by atoms with Crippen LogP contribution in [-0.4, -0.2) is 30.2 Å². The van der Waals surface area contributed by atoms with Crippen LogP contribution in [-0.2, 0) is 13.1 Å². The van der Waals surface area contributed by atoms with E-state index in [4.69, 9.17) is 12.2 Å². The summed E-state index contributed by atoms with van der Waals surface area (Å²) in [5.74, 6) is -0.239. The van der Waals surface area contributed by atoms with Crippen LogP contribution < -0.4 is 10.9 Å². The molecule has 0 radical (unpaired) electrons. The van der Waals surface area contributed by atoms with Gasteiger partial charge in [-0.3, -0.25) is 14.2 Å². The first-order valence-corrected chi connectivity index (χ1v) is 11.9. The van der Waals surface area contributed by atoms with Crippen molar-refractivity contribution in [2.45, 2.75) is 26.9 Å². The number of carbonyl (C=O) groups excluding carboxylic acids is 1. The van der Waals surface area contributed by atoms with Crippen LogP contribution >= 0.6 is 12.2 Å². The lowest BCUT2D eigenvalue weighted by atomic mass is 10.1. The van der Waals surface area contributed by atoms with E-state index in [2.05, 4.69) is 20.4 Å². The van der Waals surface area contributed by atoms with Gasteiger partial charge in [0.1, 0.15) is 12.7 Å². The molecule has 36 heavy (non-hydrogen) atoms. The topological polar surface area (TPSA) is 97.6 Å². The molecule has 0 fully saturated rings. The Morgan fingerprint density at radius 2 is 1.86 bits per heavy atom. The molecule has 2 heterocycles. The van der Waals surface area contributed by atoms with Gasteiger partial charge in [0.25, 0.3) is 11.5 Å². The second-order valence-corrected chi connectivity index (χ2v) is 9.03. The minimum absolute atomic E-state index is 0.224. The maximum atomic E-state index is 13.3. The summed E-state index contributed by atoms with van der Waals surface area (Å²) in [5.41, 5.74) is 5.58. The van der Waals surface area contributed by atoms with Crippen LogP contribution in [0.1, 0.15) is 32.6 Å². The summed E-state index contributed by atoms with van der Waals surface area (Å²) in [6, 6.07) is 18.7. The van der Waals surface area contributed by atoms with E-state index in [1.165, 1.54) is 10.9 Å². The van der Waals surface area contributed by atoms with Crippen molar-refractivity contribution in [2.24, 2.45) is 0 Å². The normalized spacial score (nSPS) is 11.1. The van der Waals surface area contributed by atoms with Gasteiger partial charge in [-0.05, 0) is 72.6 Å². The van der Waals surface area contributed by atoms with Gasteiger partial charge in [-0.2, -0.15) is 5.10 Å². The third-order valence-electron chi connectivity index (χ3n) is 6.23. The summed E-state index contributed by atoms with van der Waals surface area (Å²) in [7, 11) is 0. The molecule has 0 unspecified atom stereocenters. The summed E-state index contributed by atoms with van der Waals surface area (Å²) in [6.07, 6.45) is 3.16. The molecule has 3 aromatic carbocycles. The summed E-state index contributed by atoms with van der Waals surface area (Å²) in [5, 5.41) is 7.53. The molecule has 1 amide bonds. The van der Waals surface area contributed by atoms with E-state index in [9.17, 15) is 9.59 Å². The number of hydrogen-bond donors (Lipinski definition) is 2. The predicted octanol–water partition coefficient (Wildman–Crippen LogP) is 4.23. The van der Waals surface area contributed by atoms with Crippen LogP contribution in [0.3, 0.4) is 0 Å². The molecule has 0 saturated carbocycles. The molecule has 9 heteroatoms. The Labute approximate surface area is 212 Å². The molecule has 2 aromatic heterocycles. The molecule has 0 aliphatic carbocycles. The molecule has 2 N–H and O–H groups in total. The fourth-order valence-electron chi connectivity index (χ4n) is 4.18. The first kappa shape index (κ1) is 23.4. The molecule has 180 valence electrons. The monoisotopic (exact) mass is 496 g/mol. The van der Waals surface area contributed by atoms with Crippen LogP contribution in [0.15, 0.2) is 78.1 Å². The van der Waals surface area contributed by atoms with Crippen LogP contribution in [0.5, 0.6) is 0 Å². The highest BCUT2D eigenvalue weighted by Crippen LogP contribution is 2.18. The van der Waals surface area contributed by atoms with Crippen molar-refractivity contribution >= 4 is 29.0 Å². The van der Waals surface area contributed by atoms with E-state index >= 15 is 0 Å². The smallest absolute Gasteiger partial charge is 0.266 e. The number of H-pyrrole nitrogens is 1. The minimum Gasteiger partial charge on any atom is -0.348 e. The van der Waals surface area contributed by atoms with Gasteiger partial charge < -0.3 is 10.3 Å². The zero-order chi connectivity index (χ0) is 25.2. The van der Waals surface area contributed by atoms with Crippen LogP contribution in [0.25, 0.3) is 16.6 Å². The number of benzene rings is 3. The van der Waals surface area contributed by atoms with E-state index in [1.807, 2.05) is 56.3 Å². The molecular formula is C27H24N6O2S. The summed E-state index contributed by atoms with van der Waals surface area (Å²) in [4.78, 5) is 33.3. The Bertz CT molecular complexity index is 1700. The maximum Gasteiger partial charge on any atom is 0.266 e. The molecule has 0 aliphatic rings. The minimum atomic E-state index is -0.239. The number of amides is 1. The van der Waals surface area contributed by atoms with Crippen LogP contribution in [0, 0.1) is 18.6 Å². The fraction of sp³-hybridized carbons (Fsp3) is 0.148.